The van der Waals surface area contributed by atoms with Crippen molar-refractivity contribution in [3.63, 3.8) is 0 Å². The van der Waals surface area contributed by atoms with Crippen molar-refractivity contribution in [1.29, 1.82) is 0 Å². The Hall–Kier alpha value is -3.40. The number of aryl methyl sites for hydroxylation is 1. The third-order valence-corrected chi connectivity index (χ3v) is 7.80. The lowest BCUT2D eigenvalue weighted by Crippen LogP contribution is -2.22. The van der Waals surface area contributed by atoms with Gasteiger partial charge in [-0.05, 0) is 28.5 Å². The van der Waals surface area contributed by atoms with E-state index in [0.717, 1.165) is 0 Å². The van der Waals surface area contributed by atoms with Gasteiger partial charge >= 0.3 is 0 Å². The van der Waals surface area contributed by atoms with Crippen molar-refractivity contribution < 1.29 is 16.8 Å². The number of nitrogens with zero attached hydrogens (tertiary/aromatic N) is 5. The number of fused-ring (bicyclic) bond motifs is 1. The molecule has 2 heterocycles. The molecule has 0 fully saturated rings. The summed E-state index contributed by atoms with van der Waals surface area (Å²) in [6, 6.07) is 7.84. The molecule has 0 saturated heterocycles. The Bertz CT molecular complexity index is 1540. The van der Waals surface area contributed by atoms with E-state index < -0.39 is 35.4 Å². The number of aromatic nitrogens is 6. The van der Waals surface area contributed by atoms with Gasteiger partial charge in [0, 0.05) is 13.6 Å². The van der Waals surface area contributed by atoms with Crippen LogP contribution in [0.1, 0.15) is 0 Å². The minimum atomic E-state index is -4.57. The molecule has 0 saturated carbocycles. The molecule has 4 aromatic rings. The Morgan fingerprint density at radius 1 is 1.09 bits per heavy atom. The number of rotatable bonds is 6. The number of sulfonamides is 1. The van der Waals surface area contributed by atoms with Gasteiger partial charge in [0.1, 0.15) is 4.90 Å². The molecule has 13 nitrogen and oxygen atoms in total. The number of nitrogens with two attached hydrogens (primary N) is 3. The van der Waals surface area contributed by atoms with Gasteiger partial charge in [0.05, 0.1) is 27.1 Å². The Labute approximate surface area is 182 Å². The number of anilines is 1. The SMILES string of the molecule is Cn1nc(N)c2c(-c3ccc(S(=O)(=O)CCN)c(S(N)(=O)=O)c3-c3nn[nH]n3)cccc21. The Kier molecular flexibility index (Phi) is 5.20. The van der Waals surface area contributed by atoms with Crippen LogP contribution in [0.15, 0.2) is 40.1 Å². The molecule has 0 aliphatic heterocycles. The van der Waals surface area contributed by atoms with E-state index in [1.807, 2.05) is 0 Å². The second-order valence-electron chi connectivity index (χ2n) is 6.91. The molecular formula is C17H19N9O4S2. The average Bonchev–Trinajstić information content (AvgIpc) is 3.35. The van der Waals surface area contributed by atoms with Crippen molar-refractivity contribution in [2.75, 3.05) is 18.0 Å². The lowest BCUT2D eigenvalue weighted by molar-refractivity contribution is 0.583. The molecule has 7 N–H and O–H groups in total. The van der Waals surface area contributed by atoms with Crippen LogP contribution in [-0.4, -0.2) is 59.5 Å². The number of primary sulfonamides is 1. The number of tetrazole rings is 1. The van der Waals surface area contributed by atoms with Crippen LogP contribution in [0, 0.1) is 0 Å². The molecule has 0 unspecified atom stereocenters. The molecule has 32 heavy (non-hydrogen) atoms. The fourth-order valence-electron chi connectivity index (χ4n) is 3.64. The predicted molar refractivity (Wildman–Crippen MR) is 116 cm³/mol. The average molecular weight is 478 g/mol. The van der Waals surface area contributed by atoms with Crippen LogP contribution in [0.2, 0.25) is 0 Å². The van der Waals surface area contributed by atoms with Gasteiger partial charge < -0.3 is 11.5 Å². The van der Waals surface area contributed by atoms with Crippen LogP contribution >= 0.6 is 0 Å². The van der Waals surface area contributed by atoms with E-state index in [0.29, 0.717) is 16.5 Å². The molecular weight excluding hydrogens is 458 g/mol. The van der Waals surface area contributed by atoms with E-state index in [1.54, 1.807) is 29.9 Å². The summed E-state index contributed by atoms with van der Waals surface area (Å²) >= 11 is 0. The second-order valence-corrected chi connectivity index (χ2v) is 10.5. The van der Waals surface area contributed by atoms with Gasteiger partial charge in [0.15, 0.2) is 15.7 Å². The Morgan fingerprint density at radius 2 is 1.84 bits per heavy atom. The zero-order valence-electron chi connectivity index (χ0n) is 16.7. The summed E-state index contributed by atoms with van der Waals surface area (Å²) in [7, 11) is -6.96. The normalized spacial score (nSPS) is 12.5. The maximum absolute atomic E-state index is 12.8. The van der Waals surface area contributed by atoms with Gasteiger partial charge in [0.2, 0.25) is 15.8 Å². The summed E-state index contributed by atoms with van der Waals surface area (Å²) in [6.45, 7) is -0.211. The number of hydrogen-bond acceptors (Lipinski definition) is 10. The molecule has 0 spiro atoms. The predicted octanol–water partition coefficient (Wildman–Crippen LogP) is -0.618. The number of benzene rings is 2. The number of hydrogen-bond donors (Lipinski definition) is 4. The lowest BCUT2D eigenvalue weighted by atomic mass is 9.96. The first kappa shape index (κ1) is 21.8. The molecule has 2 aromatic carbocycles. The Balaban J connectivity index is 2.21. The second kappa shape index (κ2) is 7.63. The van der Waals surface area contributed by atoms with Gasteiger partial charge in [-0.1, -0.05) is 18.2 Å². The number of nitrogens with one attached hydrogen (secondary N) is 1. The molecule has 0 aliphatic carbocycles. The molecule has 4 rings (SSSR count). The van der Waals surface area contributed by atoms with Crippen molar-refractivity contribution in [1.82, 2.24) is 30.4 Å². The maximum atomic E-state index is 12.8. The fourth-order valence-corrected chi connectivity index (χ4v) is 6.39. The van der Waals surface area contributed by atoms with Gasteiger partial charge in [-0.2, -0.15) is 10.3 Å². The molecule has 0 atom stereocenters. The summed E-state index contributed by atoms with van der Waals surface area (Å²) in [5, 5.41) is 23.8. The fraction of sp³-hybridized carbons (Fsp3) is 0.176. The number of sulfone groups is 1. The highest BCUT2D eigenvalue weighted by molar-refractivity contribution is 7.93. The highest BCUT2D eigenvalue weighted by atomic mass is 32.2. The van der Waals surface area contributed by atoms with Crippen molar-refractivity contribution >= 4 is 36.6 Å². The van der Waals surface area contributed by atoms with E-state index in [9.17, 15) is 16.8 Å². The highest BCUT2D eigenvalue weighted by Crippen LogP contribution is 2.42. The summed E-state index contributed by atoms with van der Waals surface area (Å²) < 4.78 is 52.6. The molecule has 2 aromatic heterocycles. The highest BCUT2D eigenvalue weighted by Gasteiger charge is 2.32. The van der Waals surface area contributed by atoms with Crippen LogP contribution in [0.3, 0.4) is 0 Å². The van der Waals surface area contributed by atoms with Gasteiger partial charge in [-0.15, -0.1) is 10.2 Å². The summed E-state index contributed by atoms with van der Waals surface area (Å²) in [5.74, 6) is -0.437. The van der Waals surface area contributed by atoms with Crippen LogP contribution in [0.4, 0.5) is 5.82 Å². The topological polar surface area (TPSA) is 219 Å². The quantitative estimate of drug-likeness (QED) is 0.276. The number of nitrogen functional groups attached to an aromatic ring is 1. The molecule has 0 radical (unpaired) electrons. The van der Waals surface area contributed by atoms with Crippen LogP contribution in [-0.2, 0) is 26.9 Å². The Morgan fingerprint density at radius 3 is 2.47 bits per heavy atom. The van der Waals surface area contributed by atoms with Crippen LogP contribution in [0.25, 0.3) is 33.4 Å². The van der Waals surface area contributed by atoms with Crippen LogP contribution in [0.5, 0.6) is 0 Å². The van der Waals surface area contributed by atoms with E-state index in [2.05, 4.69) is 25.7 Å². The zero-order chi connectivity index (χ0) is 23.3. The first-order valence-corrected chi connectivity index (χ1v) is 12.3. The van der Waals surface area contributed by atoms with E-state index >= 15 is 0 Å². The smallest absolute Gasteiger partial charge is 0.240 e. The van der Waals surface area contributed by atoms with E-state index in [4.69, 9.17) is 16.6 Å². The van der Waals surface area contributed by atoms with Crippen molar-refractivity contribution in [2.45, 2.75) is 9.79 Å². The molecule has 0 bridgehead atoms. The summed E-state index contributed by atoms with van der Waals surface area (Å²) in [6.07, 6.45) is 0. The molecule has 0 aliphatic rings. The molecule has 168 valence electrons. The third kappa shape index (κ3) is 3.50. The van der Waals surface area contributed by atoms with Crippen LogP contribution < -0.4 is 16.6 Å². The van der Waals surface area contributed by atoms with Gasteiger partial charge in [-0.3, -0.25) is 4.68 Å². The first-order chi connectivity index (χ1) is 15.1. The third-order valence-electron chi connectivity index (χ3n) is 4.89. The minimum absolute atomic E-state index is 0.130. The first-order valence-electron chi connectivity index (χ1n) is 9.14. The lowest BCUT2D eigenvalue weighted by Gasteiger charge is -2.16. The van der Waals surface area contributed by atoms with Gasteiger partial charge in [-0.25, -0.2) is 22.0 Å². The van der Waals surface area contributed by atoms with E-state index in [1.165, 1.54) is 12.1 Å². The number of aromatic amines is 1. The minimum Gasteiger partial charge on any atom is -0.382 e. The molecule has 15 heteroatoms. The summed E-state index contributed by atoms with van der Waals surface area (Å²) in [4.78, 5) is -1.15. The van der Waals surface area contributed by atoms with Crippen molar-refractivity contribution in [2.24, 2.45) is 17.9 Å². The standard InChI is InChI=1S/C17H19N9O4S2/c1-26-11-4-2-3-9(13(11)16(19)23-26)10-5-6-12(31(27,28)8-7-18)15(32(20,29)30)14(10)17-21-24-25-22-17/h2-6H,7-8,18H2,1H3,(H2,19,23)(H2,20,29,30)(H,21,22,24,25). The largest absolute Gasteiger partial charge is 0.382 e. The monoisotopic (exact) mass is 477 g/mol. The van der Waals surface area contributed by atoms with Crippen molar-refractivity contribution in [3.8, 4) is 22.5 Å². The number of H-pyrrole nitrogens is 1. The zero-order valence-corrected chi connectivity index (χ0v) is 18.4. The van der Waals surface area contributed by atoms with Crippen molar-refractivity contribution in [3.05, 3.63) is 30.3 Å². The maximum Gasteiger partial charge on any atom is 0.240 e. The summed E-state index contributed by atoms with van der Waals surface area (Å²) in [5.41, 5.74) is 12.9. The van der Waals surface area contributed by atoms with E-state index in [-0.39, 0.29) is 29.3 Å². The molecule has 0 amide bonds. The van der Waals surface area contributed by atoms with Gasteiger partial charge in [0.25, 0.3) is 0 Å².